The van der Waals surface area contributed by atoms with E-state index in [1.165, 1.54) is 37.1 Å². The van der Waals surface area contributed by atoms with Gasteiger partial charge in [-0.15, -0.1) is 12.4 Å². The average Bonchev–Trinajstić information content (AvgIpc) is 2.35. The molecule has 0 atom stereocenters. The van der Waals surface area contributed by atoms with Crippen LogP contribution in [0, 0.1) is 12.8 Å². The molecule has 0 saturated carbocycles. The Morgan fingerprint density at radius 1 is 1.32 bits per heavy atom. The Balaban J connectivity index is 0.00000180. The van der Waals surface area contributed by atoms with E-state index in [0.29, 0.717) is 0 Å². The monoisotopic (exact) mass is 302 g/mol. The van der Waals surface area contributed by atoms with E-state index in [4.69, 9.17) is 11.6 Å². The maximum absolute atomic E-state index is 5.99. The second-order valence-electron chi connectivity index (χ2n) is 5.35. The van der Waals surface area contributed by atoms with Crippen LogP contribution in [0.5, 0.6) is 0 Å². The molecule has 0 aromatic heterocycles. The molecular weight excluding hydrogens is 279 g/mol. The number of hydrogen-bond acceptors (Lipinski definition) is 2. The van der Waals surface area contributed by atoms with E-state index in [-0.39, 0.29) is 12.4 Å². The Labute approximate surface area is 127 Å². The topological polar surface area (TPSA) is 15.3 Å². The molecule has 1 fully saturated rings. The van der Waals surface area contributed by atoms with Crippen LogP contribution in [-0.4, -0.2) is 31.6 Å². The summed E-state index contributed by atoms with van der Waals surface area (Å²) in [7, 11) is 2.05. The van der Waals surface area contributed by atoms with Crippen molar-refractivity contribution in [3.63, 3.8) is 0 Å². The highest BCUT2D eigenvalue weighted by Gasteiger charge is 2.18. The number of nitrogens with zero attached hydrogens (tertiary/aromatic N) is 1. The highest BCUT2D eigenvalue weighted by molar-refractivity contribution is 6.30. The first-order chi connectivity index (χ1) is 8.69. The lowest BCUT2D eigenvalue weighted by molar-refractivity contribution is 0.176. The number of likely N-dealkylation sites (tertiary alicyclic amines) is 1. The lowest BCUT2D eigenvalue weighted by Crippen LogP contribution is -2.36. The van der Waals surface area contributed by atoms with Crippen LogP contribution < -0.4 is 5.32 Å². The highest BCUT2D eigenvalue weighted by Crippen LogP contribution is 2.21. The van der Waals surface area contributed by atoms with E-state index in [0.717, 1.165) is 24.0 Å². The van der Waals surface area contributed by atoms with Gasteiger partial charge in [-0.3, -0.25) is 4.90 Å². The van der Waals surface area contributed by atoms with Crippen molar-refractivity contribution >= 4 is 24.0 Å². The van der Waals surface area contributed by atoms with Gasteiger partial charge in [0.1, 0.15) is 0 Å². The Bertz CT molecular complexity index is 388. The summed E-state index contributed by atoms with van der Waals surface area (Å²) in [4.78, 5) is 2.56. The minimum absolute atomic E-state index is 0. The molecule has 19 heavy (non-hydrogen) atoms. The van der Waals surface area contributed by atoms with Crippen LogP contribution in [0.4, 0.5) is 0 Å². The van der Waals surface area contributed by atoms with Crippen molar-refractivity contribution in [2.75, 3.05) is 26.7 Å². The molecule has 0 aliphatic carbocycles. The molecule has 0 unspecified atom stereocenters. The van der Waals surface area contributed by atoms with Crippen molar-refractivity contribution in [1.29, 1.82) is 0 Å². The van der Waals surface area contributed by atoms with Crippen molar-refractivity contribution in [1.82, 2.24) is 10.2 Å². The predicted molar refractivity (Wildman–Crippen MR) is 85.4 cm³/mol. The molecule has 1 aromatic carbocycles. The van der Waals surface area contributed by atoms with Crippen molar-refractivity contribution in [2.45, 2.75) is 26.3 Å². The number of piperidine rings is 1. The van der Waals surface area contributed by atoms with Crippen LogP contribution in [-0.2, 0) is 6.54 Å². The maximum atomic E-state index is 5.99. The molecule has 4 heteroatoms. The summed E-state index contributed by atoms with van der Waals surface area (Å²) in [6.07, 6.45) is 2.63. The van der Waals surface area contributed by atoms with Gasteiger partial charge in [0.05, 0.1) is 0 Å². The number of aryl methyl sites for hydroxylation is 1. The summed E-state index contributed by atoms with van der Waals surface area (Å²) in [5.41, 5.74) is 2.71. The fraction of sp³-hybridized carbons (Fsp3) is 0.600. The van der Waals surface area contributed by atoms with Gasteiger partial charge in [-0.2, -0.15) is 0 Å². The van der Waals surface area contributed by atoms with Crippen molar-refractivity contribution in [2.24, 2.45) is 5.92 Å². The number of hydrogen-bond donors (Lipinski definition) is 1. The molecule has 1 N–H and O–H groups in total. The van der Waals surface area contributed by atoms with Crippen LogP contribution >= 0.6 is 24.0 Å². The molecule has 1 aromatic rings. The molecule has 2 rings (SSSR count). The minimum Gasteiger partial charge on any atom is -0.319 e. The number of rotatable bonds is 4. The van der Waals surface area contributed by atoms with Gasteiger partial charge in [0, 0.05) is 11.6 Å². The van der Waals surface area contributed by atoms with E-state index in [1.54, 1.807) is 0 Å². The lowest BCUT2D eigenvalue weighted by Gasteiger charge is -2.32. The van der Waals surface area contributed by atoms with E-state index in [1.807, 2.05) is 13.1 Å². The summed E-state index contributed by atoms with van der Waals surface area (Å²) in [5, 5.41) is 4.12. The summed E-state index contributed by atoms with van der Waals surface area (Å²) < 4.78 is 0. The second-order valence-corrected chi connectivity index (χ2v) is 5.78. The normalized spacial score (nSPS) is 17.2. The Hall–Kier alpha value is -0.280. The SMILES string of the molecule is CNCC1CCN(Cc2ccc(Cl)cc2C)CC1.Cl. The predicted octanol–water partition coefficient (Wildman–Crippen LogP) is 3.50. The molecule has 1 aliphatic heterocycles. The Morgan fingerprint density at radius 3 is 2.58 bits per heavy atom. The first-order valence-electron chi connectivity index (χ1n) is 6.81. The van der Waals surface area contributed by atoms with Crippen LogP contribution in [0.1, 0.15) is 24.0 Å². The van der Waals surface area contributed by atoms with Crippen LogP contribution in [0.3, 0.4) is 0 Å². The average molecular weight is 303 g/mol. The molecule has 0 spiro atoms. The standard InChI is InChI=1S/C15H23ClN2.ClH/c1-12-9-15(16)4-3-14(12)11-18-7-5-13(6-8-18)10-17-2;/h3-4,9,13,17H,5-8,10-11H2,1-2H3;1H. The van der Waals surface area contributed by atoms with Gasteiger partial charge in [-0.25, -0.2) is 0 Å². The van der Waals surface area contributed by atoms with E-state index in [9.17, 15) is 0 Å². The van der Waals surface area contributed by atoms with Crippen LogP contribution in [0.25, 0.3) is 0 Å². The number of nitrogens with one attached hydrogen (secondary N) is 1. The van der Waals surface area contributed by atoms with Crippen LogP contribution in [0.15, 0.2) is 18.2 Å². The van der Waals surface area contributed by atoms with Gasteiger partial charge in [-0.1, -0.05) is 17.7 Å². The summed E-state index contributed by atoms with van der Waals surface area (Å²) in [6.45, 7) is 6.81. The second kappa shape index (κ2) is 8.11. The van der Waals surface area contributed by atoms with E-state index in [2.05, 4.69) is 29.3 Å². The van der Waals surface area contributed by atoms with Gasteiger partial charge in [0.15, 0.2) is 0 Å². The molecule has 2 nitrogen and oxygen atoms in total. The van der Waals surface area contributed by atoms with Gasteiger partial charge >= 0.3 is 0 Å². The molecule has 1 heterocycles. The number of halogens is 2. The first kappa shape index (κ1) is 16.8. The maximum Gasteiger partial charge on any atom is 0.0408 e. The van der Waals surface area contributed by atoms with Gasteiger partial charge in [-0.05, 0) is 75.6 Å². The van der Waals surface area contributed by atoms with Crippen molar-refractivity contribution in [3.8, 4) is 0 Å². The third kappa shape index (κ3) is 4.96. The summed E-state index contributed by atoms with van der Waals surface area (Å²) in [6, 6.07) is 6.22. The highest BCUT2D eigenvalue weighted by atomic mass is 35.5. The first-order valence-corrected chi connectivity index (χ1v) is 7.19. The molecule has 1 aliphatic rings. The van der Waals surface area contributed by atoms with Crippen LogP contribution in [0.2, 0.25) is 5.02 Å². The van der Waals surface area contributed by atoms with Gasteiger partial charge < -0.3 is 5.32 Å². The zero-order valence-corrected chi connectivity index (χ0v) is 13.4. The lowest BCUT2D eigenvalue weighted by atomic mass is 9.96. The summed E-state index contributed by atoms with van der Waals surface area (Å²) >= 11 is 5.99. The Kier molecular flexibility index (Phi) is 7.16. The molecule has 108 valence electrons. The fourth-order valence-corrected chi connectivity index (χ4v) is 2.94. The number of benzene rings is 1. The molecule has 0 amide bonds. The molecule has 1 saturated heterocycles. The molecule has 0 radical (unpaired) electrons. The molecular formula is C15H24Cl2N2. The van der Waals surface area contributed by atoms with E-state index < -0.39 is 0 Å². The third-order valence-corrected chi connectivity index (χ3v) is 4.13. The quantitative estimate of drug-likeness (QED) is 0.916. The smallest absolute Gasteiger partial charge is 0.0408 e. The van der Waals surface area contributed by atoms with E-state index >= 15 is 0 Å². The Morgan fingerprint density at radius 2 is 2.00 bits per heavy atom. The van der Waals surface area contributed by atoms with Gasteiger partial charge in [0.25, 0.3) is 0 Å². The zero-order chi connectivity index (χ0) is 13.0. The third-order valence-electron chi connectivity index (χ3n) is 3.90. The zero-order valence-electron chi connectivity index (χ0n) is 11.8. The largest absolute Gasteiger partial charge is 0.319 e. The minimum atomic E-state index is 0. The summed E-state index contributed by atoms with van der Waals surface area (Å²) in [5.74, 6) is 0.859. The van der Waals surface area contributed by atoms with Crippen molar-refractivity contribution in [3.05, 3.63) is 34.3 Å². The van der Waals surface area contributed by atoms with Gasteiger partial charge in [0.2, 0.25) is 0 Å². The molecule has 0 bridgehead atoms. The van der Waals surface area contributed by atoms with Crippen molar-refractivity contribution < 1.29 is 0 Å². The fourth-order valence-electron chi connectivity index (χ4n) is 2.71.